The van der Waals surface area contributed by atoms with Crippen LogP contribution < -0.4 is 10.9 Å². The first-order valence-electron chi connectivity index (χ1n) is 11.6. The van der Waals surface area contributed by atoms with Gasteiger partial charge in [-0.15, -0.1) is 0 Å². The van der Waals surface area contributed by atoms with Crippen LogP contribution in [0, 0.1) is 13.8 Å². The number of aromatic nitrogens is 2. The van der Waals surface area contributed by atoms with Gasteiger partial charge in [0.05, 0.1) is 11.8 Å². The summed E-state index contributed by atoms with van der Waals surface area (Å²) in [4.78, 5) is 30.7. The van der Waals surface area contributed by atoms with Gasteiger partial charge in [-0.1, -0.05) is 102 Å². The van der Waals surface area contributed by atoms with Gasteiger partial charge in [-0.25, -0.2) is 4.98 Å². The standard InChI is InChI=1S/C29H29N3O2S/c1-20-11-10-12-22(17-20)18-25-21(2)30-29(32(3)28(25)34)35-19-26(33)31-27(23-13-6-4-7-14-23)24-15-8-5-9-16-24/h4-17,27H,18-19H2,1-3H3,(H,31,33). The van der Waals surface area contributed by atoms with Crippen molar-refractivity contribution in [1.82, 2.24) is 14.9 Å². The van der Waals surface area contributed by atoms with E-state index in [1.165, 1.54) is 11.8 Å². The third-order valence-corrected chi connectivity index (χ3v) is 6.95. The molecule has 35 heavy (non-hydrogen) atoms. The number of carbonyl (C=O) groups excluding carboxylic acids is 1. The Balaban J connectivity index is 1.48. The number of nitrogens with one attached hydrogen (secondary N) is 1. The summed E-state index contributed by atoms with van der Waals surface area (Å²) >= 11 is 1.27. The minimum Gasteiger partial charge on any atom is -0.344 e. The molecule has 4 rings (SSSR count). The monoisotopic (exact) mass is 483 g/mol. The second-order valence-corrected chi connectivity index (χ2v) is 9.54. The van der Waals surface area contributed by atoms with E-state index in [0.29, 0.717) is 22.8 Å². The van der Waals surface area contributed by atoms with Crippen LogP contribution in [0.4, 0.5) is 0 Å². The first-order valence-corrected chi connectivity index (χ1v) is 12.5. The first kappa shape index (κ1) is 24.5. The fourth-order valence-electron chi connectivity index (χ4n) is 4.07. The predicted molar refractivity (Wildman–Crippen MR) is 142 cm³/mol. The molecule has 4 aromatic rings. The lowest BCUT2D eigenvalue weighted by molar-refractivity contribution is -0.119. The number of hydrogen-bond acceptors (Lipinski definition) is 4. The number of carbonyl (C=O) groups is 1. The van der Waals surface area contributed by atoms with Crippen molar-refractivity contribution >= 4 is 17.7 Å². The molecule has 0 saturated heterocycles. The summed E-state index contributed by atoms with van der Waals surface area (Å²) in [6.07, 6.45) is 0.536. The van der Waals surface area contributed by atoms with Crippen molar-refractivity contribution in [1.29, 1.82) is 0 Å². The van der Waals surface area contributed by atoms with Crippen molar-refractivity contribution < 1.29 is 4.79 Å². The zero-order valence-corrected chi connectivity index (χ0v) is 21.0. The van der Waals surface area contributed by atoms with E-state index in [9.17, 15) is 9.59 Å². The van der Waals surface area contributed by atoms with Crippen molar-refractivity contribution in [2.45, 2.75) is 31.5 Å². The summed E-state index contributed by atoms with van der Waals surface area (Å²) < 4.78 is 1.54. The summed E-state index contributed by atoms with van der Waals surface area (Å²) in [5.41, 5.74) is 5.57. The van der Waals surface area contributed by atoms with Crippen molar-refractivity contribution in [3.05, 3.63) is 129 Å². The highest BCUT2D eigenvalue weighted by Crippen LogP contribution is 2.23. The molecule has 6 heteroatoms. The van der Waals surface area contributed by atoms with Crippen LogP contribution in [0.5, 0.6) is 0 Å². The highest BCUT2D eigenvalue weighted by Gasteiger charge is 2.18. The summed E-state index contributed by atoms with van der Waals surface area (Å²) in [6.45, 7) is 3.90. The maximum absolute atomic E-state index is 13.1. The number of thioether (sulfide) groups is 1. The van der Waals surface area contributed by atoms with Crippen LogP contribution in [0.3, 0.4) is 0 Å². The average molecular weight is 484 g/mol. The van der Waals surface area contributed by atoms with Gasteiger partial charge in [0.25, 0.3) is 5.56 Å². The molecule has 0 bridgehead atoms. The topological polar surface area (TPSA) is 64.0 Å². The van der Waals surface area contributed by atoms with Crippen LogP contribution >= 0.6 is 11.8 Å². The van der Waals surface area contributed by atoms with Gasteiger partial charge in [0.2, 0.25) is 5.91 Å². The Kier molecular flexibility index (Phi) is 7.83. The summed E-state index contributed by atoms with van der Waals surface area (Å²) in [6, 6.07) is 27.7. The largest absolute Gasteiger partial charge is 0.344 e. The molecule has 0 radical (unpaired) electrons. The van der Waals surface area contributed by atoms with Crippen molar-refractivity contribution in [2.75, 3.05) is 5.75 Å². The SMILES string of the molecule is Cc1cccc(Cc2c(C)nc(SCC(=O)NC(c3ccccc3)c3ccccc3)n(C)c2=O)c1. The molecule has 0 unspecified atom stereocenters. The predicted octanol–water partition coefficient (Wildman–Crippen LogP) is 4.99. The minimum absolute atomic E-state index is 0.0756. The third-order valence-electron chi connectivity index (χ3n) is 5.92. The van der Waals surface area contributed by atoms with Crippen LogP contribution in [-0.2, 0) is 18.3 Å². The lowest BCUT2D eigenvalue weighted by atomic mass is 9.99. The Morgan fingerprint density at radius 2 is 1.57 bits per heavy atom. The summed E-state index contributed by atoms with van der Waals surface area (Å²) in [5.74, 6) is 0.0380. The molecule has 5 nitrogen and oxygen atoms in total. The van der Waals surface area contributed by atoms with Crippen LogP contribution in [0.15, 0.2) is 94.9 Å². The van der Waals surface area contributed by atoms with Gasteiger partial charge in [-0.05, 0) is 30.5 Å². The molecule has 1 N–H and O–H groups in total. The second-order valence-electron chi connectivity index (χ2n) is 8.60. The quantitative estimate of drug-likeness (QED) is 0.283. The molecule has 178 valence electrons. The normalized spacial score (nSPS) is 11.0. The van der Waals surface area contributed by atoms with Gasteiger partial charge in [0, 0.05) is 24.7 Å². The van der Waals surface area contributed by atoms with Gasteiger partial charge < -0.3 is 5.32 Å². The number of benzene rings is 3. The summed E-state index contributed by atoms with van der Waals surface area (Å²) in [5, 5.41) is 3.68. The fourth-order valence-corrected chi connectivity index (χ4v) is 4.89. The van der Waals surface area contributed by atoms with Gasteiger partial charge >= 0.3 is 0 Å². The molecular weight excluding hydrogens is 454 g/mol. The van der Waals surface area contributed by atoms with E-state index >= 15 is 0 Å². The Bertz CT molecular complexity index is 1330. The maximum Gasteiger partial charge on any atom is 0.257 e. The van der Waals surface area contributed by atoms with Crippen LogP contribution in [-0.4, -0.2) is 21.2 Å². The fraction of sp³-hybridized carbons (Fsp3) is 0.207. The van der Waals surface area contributed by atoms with E-state index < -0.39 is 0 Å². The second kappa shape index (κ2) is 11.2. The van der Waals surface area contributed by atoms with Crippen molar-refractivity contribution in [3.63, 3.8) is 0 Å². The molecule has 0 fully saturated rings. The molecule has 0 aliphatic heterocycles. The molecule has 0 saturated carbocycles. The molecule has 3 aromatic carbocycles. The summed E-state index contributed by atoms with van der Waals surface area (Å²) in [7, 11) is 1.71. The zero-order valence-electron chi connectivity index (χ0n) is 20.2. The highest BCUT2D eigenvalue weighted by molar-refractivity contribution is 7.99. The molecule has 0 aliphatic carbocycles. The Morgan fingerprint density at radius 3 is 2.17 bits per heavy atom. The van der Waals surface area contributed by atoms with Gasteiger partial charge in [-0.3, -0.25) is 14.2 Å². The van der Waals surface area contributed by atoms with E-state index in [0.717, 1.165) is 22.3 Å². The molecule has 0 atom stereocenters. The molecule has 0 aliphatic rings. The number of rotatable bonds is 8. The van der Waals surface area contributed by atoms with E-state index in [1.807, 2.05) is 92.7 Å². The van der Waals surface area contributed by atoms with E-state index in [4.69, 9.17) is 0 Å². The molecule has 1 amide bonds. The minimum atomic E-state index is -0.249. The van der Waals surface area contributed by atoms with Gasteiger partial charge in [0.15, 0.2) is 5.16 Å². The van der Waals surface area contributed by atoms with E-state index in [2.05, 4.69) is 16.4 Å². The van der Waals surface area contributed by atoms with Crippen molar-refractivity contribution in [3.8, 4) is 0 Å². The van der Waals surface area contributed by atoms with Gasteiger partial charge in [0.1, 0.15) is 0 Å². The smallest absolute Gasteiger partial charge is 0.257 e. The van der Waals surface area contributed by atoms with Crippen LogP contribution in [0.1, 0.15) is 39.6 Å². The Hall–Kier alpha value is -3.64. The number of hydrogen-bond donors (Lipinski definition) is 1. The number of amides is 1. The van der Waals surface area contributed by atoms with Crippen LogP contribution in [0.2, 0.25) is 0 Å². The molecule has 0 spiro atoms. The van der Waals surface area contributed by atoms with Gasteiger partial charge in [-0.2, -0.15) is 0 Å². The van der Waals surface area contributed by atoms with Crippen molar-refractivity contribution in [2.24, 2.45) is 7.05 Å². The lowest BCUT2D eigenvalue weighted by Crippen LogP contribution is -2.31. The maximum atomic E-state index is 13.1. The van der Waals surface area contributed by atoms with E-state index in [-0.39, 0.29) is 23.3 Å². The highest BCUT2D eigenvalue weighted by atomic mass is 32.2. The van der Waals surface area contributed by atoms with Crippen LogP contribution in [0.25, 0.3) is 0 Å². The molecule has 1 aromatic heterocycles. The first-order chi connectivity index (χ1) is 16.9. The number of nitrogens with zero attached hydrogens (tertiary/aromatic N) is 2. The lowest BCUT2D eigenvalue weighted by Gasteiger charge is -2.20. The Labute approximate surface area is 210 Å². The molecular formula is C29H29N3O2S. The Morgan fingerprint density at radius 1 is 0.943 bits per heavy atom. The number of aryl methyl sites for hydroxylation is 2. The van der Waals surface area contributed by atoms with E-state index in [1.54, 1.807) is 11.6 Å². The molecule has 1 heterocycles. The average Bonchev–Trinajstić information content (AvgIpc) is 2.87. The third kappa shape index (κ3) is 6.08. The zero-order chi connectivity index (χ0) is 24.8.